The lowest BCUT2D eigenvalue weighted by Gasteiger charge is -2.45. The average Bonchev–Trinajstić information content (AvgIpc) is 2.88. The number of hydroxylamine groups is 2. The summed E-state index contributed by atoms with van der Waals surface area (Å²) in [4.78, 5) is 11.3. The minimum atomic E-state index is -3.29. The minimum Gasteiger partial charge on any atom is -0.496 e. The second-order valence-electron chi connectivity index (χ2n) is 8.85. The topological polar surface area (TPSA) is 122 Å². The predicted molar refractivity (Wildman–Crippen MR) is 133 cm³/mol. The second-order valence-corrected chi connectivity index (χ2v) is 10.9. The van der Waals surface area contributed by atoms with E-state index in [1.807, 2.05) is 37.3 Å². The Hall–Kier alpha value is -2.14. The van der Waals surface area contributed by atoms with E-state index in [1.165, 1.54) is 12.2 Å². The van der Waals surface area contributed by atoms with Gasteiger partial charge in [0.2, 0.25) is 0 Å². The summed E-state index contributed by atoms with van der Waals surface area (Å²) in [5, 5.41) is 24.9. The summed E-state index contributed by atoms with van der Waals surface area (Å²) in [6.07, 6.45) is 2.92. The molecule has 1 aliphatic rings. The molecule has 0 amide bonds. The first kappa shape index (κ1) is 26.5. The summed E-state index contributed by atoms with van der Waals surface area (Å²) < 4.78 is 28.6. The van der Waals surface area contributed by atoms with Crippen molar-refractivity contribution in [3.05, 3.63) is 59.2 Å². The van der Waals surface area contributed by atoms with Crippen LogP contribution in [0, 0.1) is 0 Å². The summed E-state index contributed by atoms with van der Waals surface area (Å²) in [6.45, 7) is 3.99. The van der Waals surface area contributed by atoms with E-state index in [4.69, 9.17) is 9.84 Å². The number of methoxy groups -OCH3 is 1. The van der Waals surface area contributed by atoms with Gasteiger partial charge in [-0.1, -0.05) is 57.0 Å². The van der Waals surface area contributed by atoms with Crippen LogP contribution in [0.25, 0.3) is 0 Å². The van der Waals surface area contributed by atoms with Crippen LogP contribution in [0.15, 0.2) is 47.4 Å². The van der Waals surface area contributed by atoms with Crippen LogP contribution in [0.4, 0.5) is 0 Å². The minimum absolute atomic E-state index is 0.0116. The Labute approximate surface area is 202 Å². The van der Waals surface area contributed by atoms with Crippen molar-refractivity contribution < 1.29 is 29.0 Å². The highest BCUT2D eigenvalue weighted by molar-refractivity contribution is 8.24. The highest BCUT2D eigenvalue weighted by Gasteiger charge is 2.48. The number of hydrogen-bond donors (Lipinski definition) is 5. The number of rotatable bonds is 10. The summed E-state index contributed by atoms with van der Waals surface area (Å²) >= 11 is 0. The molecule has 1 aliphatic heterocycles. The fourth-order valence-corrected chi connectivity index (χ4v) is 7.03. The maximum atomic E-state index is 11.8. The van der Waals surface area contributed by atoms with Gasteiger partial charge in [-0.3, -0.25) is 13.9 Å². The normalized spacial score (nSPS) is 23.1. The molecule has 8 nitrogen and oxygen atoms in total. The molecule has 2 atom stereocenters. The third-order valence-electron chi connectivity index (χ3n) is 6.62. The van der Waals surface area contributed by atoms with Gasteiger partial charge >= 0.3 is 5.97 Å². The van der Waals surface area contributed by atoms with E-state index < -0.39 is 28.1 Å². The van der Waals surface area contributed by atoms with Crippen LogP contribution in [0.2, 0.25) is 0 Å². The maximum absolute atomic E-state index is 11.8. The number of hydrogen-bond acceptors (Lipinski definition) is 7. The molecule has 0 unspecified atom stereocenters. The van der Waals surface area contributed by atoms with Gasteiger partial charge in [-0.2, -0.15) is 15.7 Å². The van der Waals surface area contributed by atoms with Crippen molar-refractivity contribution in [1.29, 1.82) is 0 Å². The third kappa shape index (κ3) is 5.40. The zero-order chi connectivity index (χ0) is 24.9. The molecule has 0 aliphatic carbocycles. The van der Waals surface area contributed by atoms with Gasteiger partial charge in [0.05, 0.1) is 35.9 Å². The van der Waals surface area contributed by atoms with Crippen molar-refractivity contribution in [2.75, 3.05) is 19.4 Å². The molecule has 188 valence electrons. The molecule has 0 aromatic heterocycles. The molecular formula is C25H36N2O6S. The zero-order valence-corrected chi connectivity index (χ0v) is 20.8. The van der Waals surface area contributed by atoms with Crippen molar-refractivity contribution in [1.82, 2.24) is 10.4 Å². The van der Waals surface area contributed by atoms with Gasteiger partial charge in [0.25, 0.3) is 0 Å². The number of nitrogens with one attached hydrogen (secondary N) is 1. The number of carboxylic acid groups (broad SMARTS) is 1. The third-order valence-corrected chi connectivity index (χ3v) is 8.62. The Morgan fingerprint density at radius 3 is 2.53 bits per heavy atom. The number of carbonyl (C=O) groups is 1. The SMILES string of the molecule is CCCC[C@]1(CC)CS(O)(O)c2cc(CNCC(=O)O)c(OC)cc2[C@@H](c2ccccc2)N1O. The largest absolute Gasteiger partial charge is 0.496 e. The van der Waals surface area contributed by atoms with E-state index in [9.17, 15) is 19.1 Å². The number of carboxylic acids is 1. The van der Waals surface area contributed by atoms with Crippen LogP contribution in [0.1, 0.15) is 62.3 Å². The molecule has 0 radical (unpaired) electrons. The number of aliphatic carboxylic acids is 1. The fraction of sp³-hybridized carbons (Fsp3) is 0.480. The van der Waals surface area contributed by atoms with Crippen molar-refractivity contribution in [3.8, 4) is 5.75 Å². The Balaban J connectivity index is 2.22. The highest BCUT2D eigenvalue weighted by atomic mass is 32.3. The predicted octanol–water partition coefficient (Wildman–Crippen LogP) is 5.11. The standard InChI is InChI=1S/C25H36N2O6S/c1-4-6-12-25(5-2)17-34(31,32)22-13-19(15-26-16-23(28)29)21(33-3)14-20(22)24(27(25)30)18-10-8-7-9-11-18/h7-11,13-14,24,26,30-32H,4-6,12,15-17H2,1-3H3,(H,28,29)/t24-,25-/m1/s1. The van der Waals surface area contributed by atoms with E-state index in [0.717, 1.165) is 18.4 Å². The van der Waals surface area contributed by atoms with Crippen LogP contribution >= 0.6 is 10.6 Å². The lowest BCUT2D eigenvalue weighted by Crippen LogP contribution is -2.50. The summed E-state index contributed by atoms with van der Waals surface area (Å²) in [5.41, 5.74) is 1.19. The smallest absolute Gasteiger partial charge is 0.317 e. The number of fused-ring (bicyclic) bond motifs is 1. The Kier molecular flexibility index (Phi) is 8.62. The molecule has 0 spiro atoms. The average molecular weight is 493 g/mol. The molecule has 1 heterocycles. The van der Waals surface area contributed by atoms with Crippen molar-refractivity contribution in [3.63, 3.8) is 0 Å². The molecule has 2 aromatic carbocycles. The van der Waals surface area contributed by atoms with Gasteiger partial charge < -0.3 is 20.4 Å². The molecule has 0 saturated heterocycles. The number of nitrogens with zero attached hydrogens (tertiary/aromatic N) is 1. The van der Waals surface area contributed by atoms with Crippen LogP contribution in [-0.4, -0.2) is 55.4 Å². The number of ether oxygens (including phenoxy) is 1. The lowest BCUT2D eigenvalue weighted by molar-refractivity contribution is -0.193. The highest BCUT2D eigenvalue weighted by Crippen LogP contribution is 2.60. The van der Waals surface area contributed by atoms with Crippen LogP contribution in [-0.2, 0) is 11.3 Å². The summed E-state index contributed by atoms with van der Waals surface area (Å²) in [7, 11) is -1.78. The molecule has 0 saturated carbocycles. The van der Waals surface area contributed by atoms with Gasteiger partial charge in [0.15, 0.2) is 0 Å². The molecule has 2 aromatic rings. The van der Waals surface area contributed by atoms with Gasteiger partial charge in [-0.25, -0.2) is 0 Å². The van der Waals surface area contributed by atoms with Crippen LogP contribution in [0.5, 0.6) is 5.75 Å². The second kappa shape index (κ2) is 11.1. The number of unbranched alkanes of at least 4 members (excludes halogenated alkanes) is 1. The molecule has 5 N–H and O–H groups in total. The monoisotopic (exact) mass is 492 g/mol. The van der Waals surface area contributed by atoms with E-state index in [0.29, 0.717) is 34.6 Å². The van der Waals surface area contributed by atoms with E-state index in [1.54, 1.807) is 12.1 Å². The zero-order valence-electron chi connectivity index (χ0n) is 20.0. The first-order valence-corrected chi connectivity index (χ1v) is 13.3. The molecular weight excluding hydrogens is 456 g/mol. The van der Waals surface area contributed by atoms with E-state index in [2.05, 4.69) is 12.2 Å². The van der Waals surface area contributed by atoms with Crippen molar-refractivity contribution in [2.45, 2.75) is 62.6 Å². The molecule has 3 rings (SSSR count). The Bertz CT molecular complexity index is 987. The summed E-state index contributed by atoms with van der Waals surface area (Å²) in [5.74, 6) is -0.488. The first-order chi connectivity index (χ1) is 16.2. The molecule has 0 bridgehead atoms. The van der Waals surface area contributed by atoms with Gasteiger partial charge in [0, 0.05) is 17.7 Å². The van der Waals surface area contributed by atoms with E-state index >= 15 is 0 Å². The van der Waals surface area contributed by atoms with Gasteiger partial charge in [0.1, 0.15) is 5.75 Å². The van der Waals surface area contributed by atoms with E-state index in [-0.39, 0.29) is 18.8 Å². The molecule has 0 fully saturated rings. The lowest BCUT2D eigenvalue weighted by atomic mass is 9.87. The van der Waals surface area contributed by atoms with Gasteiger partial charge in [-0.15, -0.1) is 0 Å². The quantitative estimate of drug-likeness (QED) is 0.310. The Morgan fingerprint density at radius 1 is 1.24 bits per heavy atom. The van der Waals surface area contributed by atoms with Gasteiger partial charge in [-0.05, 0) is 30.5 Å². The molecule has 34 heavy (non-hydrogen) atoms. The molecule has 9 heteroatoms. The van der Waals surface area contributed by atoms with Crippen LogP contribution < -0.4 is 10.1 Å². The summed E-state index contributed by atoms with van der Waals surface area (Å²) in [6, 6.07) is 12.3. The van der Waals surface area contributed by atoms with Crippen molar-refractivity contribution >= 4 is 16.6 Å². The number of benzene rings is 2. The maximum Gasteiger partial charge on any atom is 0.317 e. The van der Waals surface area contributed by atoms with Crippen molar-refractivity contribution in [2.24, 2.45) is 0 Å². The van der Waals surface area contributed by atoms with Crippen LogP contribution in [0.3, 0.4) is 0 Å². The fourth-order valence-electron chi connectivity index (χ4n) is 4.76. The Morgan fingerprint density at radius 2 is 1.94 bits per heavy atom. The first-order valence-electron chi connectivity index (χ1n) is 11.6.